The third kappa shape index (κ3) is 1.29. The van der Waals surface area contributed by atoms with Crippen LogP contribution < -0.4 is 5.73 Å². The largest absolute Gasteiger partial charge is 0.369 e. The van der Waals surface area contributed by atoms with Crippen LogP contribution in [0, 0.1) is 11.7 Å². The highest BCUT2D eigenvalue weighted by molar-refractivity contribution is 5.78. The second-order valence-electron chi connectivity index (χ2n) is 4.70. The van der Waals surface area contributed by atoms with Crippen molar-refractivity contribution in [3.63, 3.8) is 0 Å². The van der Waals surface area contributed by atoms with E-state index in [0.717, 1.165) is 24.3 Å². The first kappa shape index (κ1) is 9.63. The van der Waals surface area contributed by atoms with Crippen molar-refractivity contribution in [2.75, 3.05) is 5.73 Å². The first-order chi connectivity index (χ1) is 7.65. The van der Waals surface area contributed by atoms with E-state index in [0.29, 0.717) is 17.5 Å². The number of halogens is 1. The maximum absolute atomic E-state index is 13.0. The lowest BCUT2D eigenvalue weighted by molar-refractivity contribution is 0.223. The van der Waals surface area contributed by atoms with E-state index >= 15 is 0 Å². The molecule has 1 aliphatic carbocycles. The molecule has 1 saturated carbocycles. The van der Waals surface area contributed by atoms with Crippen LogP contribution in [0.15, 0.2) is 18.2 Å². The molecule has 4 heteroatoms. The average Bonchev–Trinajstić information content (AvgIpc) is 2.48. The quantitative estimate of drug-likeness (QED) is 0.801. The molecule has 2 N–H and O–H groups in total. The molecular formula is C12H14FN3. The van der Waals surface area contributed by atoms with Gasteiger partial charge in [-0.3, -0.25) is 0 Å². The Balaban J connectivity index is 2.13. The molecule has 0 atom stereocenters. The van der Waals surface area contributed by atoms with Crippen LogP contribution in [0.3, 0.4) is 0 Å². The zero-order valence-electron chi connectivity index (χ0n) is 9.15. The molecule has 16 heavy (non-hydrogen) atoms. The van der Waals surface area contributed by atoms with Crippen LogP contribution in [-0.4, -0.2) is 9.55 Å². The number of nitrogen functional groups attached to an aromatic ring is 1. The number of fused-ring (bicyclic) bond motifs is 1. The van der Waals surface area contributed by atoms with Crippen molar-refractivity contribution in [1.82, 2.24) is 9.55 Å². The molecule has 0 spiro atoms. The van der Waals surface area contributed by atoms with Crippen molar-refractivity contribution in [3.05, 3.63) is 24.0 Å². The normalized spacial score (nSPS) is 24.6. The van der Waals surface area contributed by atoms with E-state index in [4.69, 9.17) is 5.73 Å². The maximum Gasteiger partial charge on any atom is 0.201 e. The van der Waals surface area contributed by atoms with Gasteiger partial charge in [0.05, 0.1) is 11.0 Å². The predicted molar refractivity (Wildman–Crippen MR) is 61.5 cm³/mol. The molecule has 0 radical (unpaired) electrons. The molecule has 0 saturated heterocycles. The molecule has 0 aliphatic heterocycles. The van der Waals surface area contributed by atoms with Crippen LogP contribution in [0.5, 0.6) is 0 Å². The first-order valence-electron chi connectivity index (χ1n) is 5.58. The number of hydrogen-bond acceptors (Lipinski definition) is 2. The van der Waals surface area contributed by atoms with Crippen LogP contribution in [-0.2, 0) is 0 Å². The highest BCUT2D eigenvalue weighted by atomic mass is 19.1. The predicted octanol–water partition coefficient (Wildman–Crippen LogP) is 2.73. The van der Waals surface area contributed by atoms with Crippen LogP contribution in [0.1, 0.15) is 25.8 Å². The minimum Gasteiger partial charge on any atom is -0.369 e. The van der Waals surface area contributed by atoms with Gasteiger partial charge >= 0.3 is 0 Å². The topological polar surface area (TPSA) is 43.8 Å². The SMILES string of the molecule is CC1CC(n2c(N)nc3cc(F)ccc32)C1. The second kappa shape index (κ2) is 3.20. The van der Waals surface area contributed by atoms with Crippen molar-refractivity contribution in [3.8, 4) is 0 Å². The Kier molecular flexibility index (Phi) is 1.93. The fourth-order valence-electron chi connectivity index (χ4n) is 2.54. The highest BCUT2D eigenvalue weighted by Crippen LogP contribution is 2.40. The van der Waals surface area contributed by atoms with Gasteiger partial charge in [-0.25, -0.2) is 9.37 Å². The van der Waals surface area contributed by atoms with Crippen molar-refractivity contribution in [2.45, 2.75) is 25.8 Å². The van der Waals surface area contributed by atoms with E-state index < -0.39 is 0 Å². The highest BCUT2D eigenvalue weighted by Gasteiger charge is 2.29. The summed E-state index contributed by atoms with van der Waals surface area (Å²) in [5.41, 5.74) is 7.48. The number of anilines is 1. The first-order valence-corrected chi connectivity index (χ1v) is 5.58. The molecule has 1 aromatic heterocycles. The third-order valence-electron chi connectivity index (χ3n) is 3.39. The average molecular weight is 219 g/mol. The van der Waals surface area contributed by atoms with E-state index in [-0.39, 0.29) is 5.82 Å². The molecule has 0 bridgehead atoms. The van der Waals surface area contributed by atoms with Crippen molar-refractivity contribution >= 4 is 17.0 Å². The molecule has 0 amide bonds. The van der Waals surface area contributed by atoms with E-state index in [9.17, 15) is 4.39 Å². The lowest BCUT2D eigenvalue weighted by Crippen LogP contribution is -2.25. The molecule has 1 aliphatic rings. The van der Waals surface area contributed by atoms with Crippen LogP contribution in [0.25, 0.3) is 11.0 Å². The summed E-state index contributed by atoms with van der Waals surface area (Å²) in [6, 6.07) is 5.09. The van der Waals surface area contributed by atoms with Gasteiger partial charge in [0.15, 0.2) is 0 Å². The smallest absolute Gasteiger partial charge is 0.201 e. The van der Waals surface area contributed by atoms with Gasteiger partial charge < -0.3 is 10.3 Å². The maximum atomic E-state index is 13.0. The molecule has 3 rings (SSSR count). The van der Waals surface area contributed by atoms with Gasteiger partial charge in [-0.2, -0.15) is 0 Å². The standard InChI is InChI=1S/C12H14FN3/c1-7-4-9(5-7)16-11-3-2-8(13)6-10(11)15-12(16)14/h2-3,6-7,9H,4-5H2,1H3,(H2,14,15). The van der Waals surface area contributed by atoms with Gasteiger partial charge in [0.1, 0.15) is 5.82 Å². The number of imidazole rings is 1. The van der Waals surface area contributed by atoms with Crippen molar-refractivity contribution in [1.29, 1.82) is 0 Å². The molecule has 1 fully saturated rings. The lowest BCUT2D eigenvalue weighted by Gasteiger charge is -2.34. The Morgan fingerprint density at radius 3 is 2.88 bits per heavy atom. The van der Waals surface area contributed by atoms with Crippen LogP contribution in [0.4, 0.5) is 10.3 Å². The van der Waals surface area contributed by atoms with Crippen molar-refractivity contribution < 1.29 is 4.39 Å². The zero-order valence-corrected chi connectivity index (χ0v) is 9.15. The third-order valence-corrected chi connectivity index (χ3v) is 3.39. The molecular weight excluding hydrogens is 205 g/mol. The van der Waals surface area contributed by atoms with Gasteiger partial charge in [-0.05, 0) is 30.9 Å². The molecule has 3 nitrogen and oxygen atoms in total. The van der Waals surface area contributed by atoms with E-state index in [1.54, 1.807) is 6.07 Å². The van der Waals surface area contributed by atoms with E-state index in [1.807, 2.05) is 4.57 Å². The van der Waals surface area contributed by atoms with E-state index in [2.05, 4.69) is 11.9 Å². The Labute approximate surface area is 93.1 Å². The number of nitrogens with two attached hydrogens (primary N) is 1. The fraction of sp³-hybridized carbons (Fsp3) is 0.417. The molecule has 2 aromatic rings. The summed E-state index contributed by atoms with van der Waals surface area (Å²) in [7, 11) is 0. The molecule has 1 aromatic carbocycles. The van der Waals surface area contributed by atoms with Crippen molar-refractivity contribution in [2.24, 2.45) is 5.92 Å². The van der Waals surface area contributed by atoms with Crippen LogP contribution in [0.2, 0.25) is 0 Å². The fourth-order valence-corrected chi connectivity index (χ4v) is 2.54. The molecule has 0 unspecified atom stereocenters. The van der Waals surface area contributed by atoms with Gasteiger partial charge in [0.25, 0.3) is 0 Å². The van der Waals surface area contributed by atoms with Crippen LogP contribution >= 0.6 is 0 Å². The van der Waals surface area contributed by atoms with Gasteiger partial charge in [0, 0.05) is 12.1 Å². The summed E-state index contributed by atoms with van der Waals surface area (Å²) < 4.78 is 15.1. The summed E-state index contributed by atoms with van der Waals surface area (Å²) in [5, 5.41) is 0. The number of rotatable bonds is 1. The summed E-state index contributed by atoms with van der Waals surface area (Å²) in [6.07, 6.45) is 2.26. The number of nitrogens with zero attached hydrogens (tertiary/aromatic N) is 2. The molecule has 1 heterocycles. The van der Waals surface area contributed by atoms with Gasteiger partial charge in [-0.1, -0.05) is 6.92 Å². The van der Waals surface area contributed by atoms with E-state index in [1.165, 1.54) is 12.1 Å². The second-order valence-corrected chi connectivity index (χ2v) is 4.70. The van der Waals surface area contributed by atoms with Gasteiger partial charge in [-0.15, -0.1) is 0 Å². The monoisotopic (exact) mass is 219 g/mol. The Morgan fingerprint density at radius 2 is 2.19 bits per heavy atom. The number of hydrogen-bond donors (Lipinski definition) is 1. The summed E-state index contributed by atoms with van der Waals surface area (Å²) in [4.78, 5) is 4.20. The Bertz CT molecular complexity index is 540. The zero-order chi connectivity index (χ0) is 11.3. The number of benzene rings is 1. The minimum absolute atomic E-state index is 0.265. The molecule has 84 valence electrons. The minimum atomic E-state index is -0.265. The summed E-state index contributed by atoms with van der Waals surface area (Å²) in [6.45, 7) is 2.23. The summed E-state index contributed by atoms with van der Waals surface area (Å²) in [5.74, 6) is 0.985. The summed E-state index contributed by atoms with van der Waals surface area (Å²) >= 11 is 0. The Hall–Kier alpha value is -1.58. The lowest BCUT2D eigenvalue weighted by atomic mass is 9.81. The van der Waals surface area contributed by atoms with Gasteiger partial charge in [0.2, 0.25) is 5.95 Å². The Morgan fingerprint density at radius 1 is 1.44 bits per heavy atom. The number of aromatic nitrogens is 2.